The van der Waals surface area contributed by atoms with Crippen molar-refractivity contribution < 1.29 is 9.67 Å². The maximum absolute atomic E-state index is 12.3. The summed E-state index contributed by atoms with van der Waals surface area (Å²) < 4.78 is 2.00. The van der Waals surface area contributed by atoms with Crippen LogP contribution < -0.4 is 9.88 Å². The van der Waals surface area contributed by atoms with Crippen molar-refractivity contribution in [1.82, 2.24) is 10.3 Å². The molecule has 0 spiro atoms. The van der Waals surface area contributed by atoms with Gasteiger partial charge in [-0.3, -0.25) is 4.98 Å². The molecule has 0 fully saturated rings. The largest absolute Gasteiger partial charge is 0.362 e. The molecule has 1 aliphatic rings. The van der Waals surface area contributed by atoms with Gasteiger partial charge >= 0.3 is 0 Å². The second-order valence-electron chi connectivity index (χ2n) is 7.96. The van der Waals surface area contributed by atoms with E-state index in [2.05, 4.69) is 29.0 Å². The van der Waals surface area contributed by atoms with Gasteiger partial charge in [-0.25, -0.2) is 0 Å². The molecule has 0 amide bonds. The number of benzene rings is 2. The Morgan fingerprint density at radius 1 is 1.09 bits per heavy atom. The number of nitriles is 1. The lowest BCUT2D eigenvalue weighted by molar-refractivity contribution is -0.720. The highest BCUT2D eigenvalue weighted by atomic mass is 35.5. The first-order valence-corrected chi connectivity index (χ1v) is 11.2. The Labute approximate surface area is 202 Å². The van der Waals surface area contributed by atoms with Gasteiger partial charge < -0.3 is 10.4 Å². The summed E-state index contributed by atoms with van der Waals surface area (Å²) in [6, 6.07) is 24.3. The summed E-state index contributed by atoms with van der Waals surface area (Å²) in [5, 5.41) is 27.5. The van der Waals surface area contributed by atoms with Gasteiger partial charge in [-0.15, -0.1) is 12.6 Å². The molecule has 0 bridgehead atoms. The maximum Gasteiger partial charge on any atom is 0.227 e. The predicted molar refractivity (Wildman–Crippen MR) is 130 cm³/mol. The van der Waals surface area contributed by atoms with E-state index in [0.717, 1.165) is 16.5 Å². The number of rotatable bonds is 3. The van der Waals surface area contributed by atoms with Crippen LogP contribution in [0.2, 0.25) is 5.02 Å². The number of nitrogens with zero attached hydrogens (tertiary/aromatic N) is 3. The SMILES string of the molecule is N#CC1=C(S)N[C@@](O)(c2ccccc2)[C@H]([n+]2cccc3cc(Cl)ccc32)[C@H]1c1cccnc1. The van der Waals surface area contributed by atoms with Gasteiger partial charge in [-0.05, 0) is 29.8 Å². The zero-order valence-corrected chi connectivity index (χ0v) is 19.1. The first kappa shape index (κ1) is 21.5. The fourth-order valence-electron chi connectivity index (χ4n) is 4.65. The number of nitrogens with one attached hydrogen (secondary N) is 1. The number of hydrogen-bond donors (Lipinski definition) is 3. The van der Waals surface area contributed by atoms with Gasteiger partial charge in [-0.1, -0.05) is 48.0 Å². The highest BCUT2D eigenvalue weighted by Gasteiger charge is 2.56. The molecule has 0 aliphatic carbocycles. The van der Waals surface area contributed by atoms with Gasteiger partial charge in [0.25, 0.3) is 0 Å². The molecule has 1 aliphatic heterocycles. The summed E-state index contributed by atoms with van der Waals surface area (Å²) in [5.41, 5.74) is 1.19. The molecule has 3 heterocycles. The summed E-state index contributed by atoms with van der Waals surface area (Å²) in [5.74, 6) is -0.520. The third kappa shape index (κ3) is 3.65. The van der Waals surface area contributed by atoms with Gasteiger partial charge in [0.1, 0.15) is 0 Å². The van der Waals surface area contributed by atoms with Crippen molar-refractivity contribution in [3.8, 4) is 6.07 Å². The van der Waals surface area contributed by atoms with E-state index in [0.29, 0.717) is 21.2 Å². The first-order valence-electron chi connectivity index (χ1n) is 10.4. The van der Waals surface area contributed by atoms with E-state index < -0.39 is 17.7 Å². The van der Waals surface area contributed by atoms with E-state index >= 15 is 0 Å². The monoisotopic (exact) mass is 471 g/mol. The molecule has 0 unspecified atom stereocenters. The molecule has 0 saturated carbocycles. The van der Waals surface area contributed by atoms with Crippen molar-refractivity contribution in [1.29, 1.82) is 5.26 Å². The normalized spacial score (nSPS) is 22.6. The highest BCUT2D eigenvalue weighted by molar-refractivity contribution is 7.84. The Hall–Kier alpha value is -3.37. The lowest BCUT2D eigenvalue weighted by Crippen LogP contribution is -2.62. The van der Waals surface area contributed by atoms with E-state index in [9.17, 15) is 10.4 Å². The molecule has 3 atom stereocenters. The van der Waals surface area contributed by atoms with E-state index in [-0.39, 0.29) is 0 Å². The molecule has 5 rings (SSSR count). The minimum absolute atomic E-state index is 0.331. The summed E-state index contributed by atoms with van der Waals surface area (Å²) >= 11 is 10.8. The molecule has 2 N–H and O–H groups in total. The van der Waals surface area contributed by atoms with Crippen LogP contribution in [-0.4, -0.2) is 10.1 Å². The molecule has 162 valence electrons. The van der Waals surface area contributed by atoms with Crippen LogP contribution >= 0.6 is 24.2 Å². The van der Waals surface area contributed by atoms with Crippen molar-refractivity contribution in [3.63, 3.8) is 0 Å². The van der Waals surface area contributed by atoms with Crippen LogP contribution in [0.3, 0.4) is 0 Å². The lowest BCUT2D eigenvalue weighted by Gasteiger charge is -2.42. The van der Waals surface area contributed by atoms with Gasteiger partial charge in [0, 0.05) is 40.5 Å². The zero-order chi connectivity index (χ0) is 23.0. The molecular weight excluding hydrogens is 452 g/mol. The Kier molecular flexibility index (Phi) is 5.55. The van der Waals surface area contributed by atoms with E-state index in [1.807, 2.05) is 83.6 Å². The second-order valence-corrected chi connectivity index (χ2v) is 8.84. The van der Waals surface area contributed by atoms with Crippen LogP contribution in [0.4, 0.5) is 0 Å². The number of allylic oxidation sites excluding steroid dienone is 1. The smallest absolute Gasteiger partial charge is 0.227 e. The fraction of sp³-hybridized carbons (Fsp3) is 0.115. The second kappa shape index (κ2) is 8.53. The van der Waals surface area contributed by atoms with Crippen LogP contribution in [-0.2, 0) is 5.72 Å². The number of fused-ring (bicyclic) bond motifs is 1. The van der Waals surface area contributed by atoms with Gasteiger partial charge in [-0.2, -0.15) is 9.83 Å². The predicted octanol–water partition coefficient (Wildman–Crippen LogP) is 4.61. The average Bonchev–Trinajstić information content (AvgIpc) is 2.84. The Morgan fingerprint density at radius 2 is 1.91 bits per heavy atom. The number of thiol groups is 1. The van der Waals surface area contributed by atoms with Crippen molar-refractivity contribution in [3.05, 3.63) is 118 Å². The number of halogens is 1. The number of hydrogen-bond acceptors (Lipinski definition) is 5. The van der Waals surface area contributed by atoms with E-state index in [1.165, 1.54) is 0 Å². The van der Waals surface area contributed by atoms with E-state index in [1.54, 1.807) is 12.4 Å². The molecule has 0 radical (unpaired) electrons. The maximum atomic E-state index is 12.3. The van der Waals surface area contributed by atoms with Gasteiger partial charge in [0.15, 0.2) is 6.20 Å². The van der Waals surface area contributed by atoms with Crippen LogP contribution in [0.1, 0.15) is 23.1 Å². The molecule has 7 heteroatoms. The van der Waals surface area contributed by atoms with Gasteiger partial charge in [0.2, 0.25) is 17.3 Å². The van der Waals surface area contributed by atoms with Crippen molar-refractivity contribution in [2.24, 2.45) is 0 Å². The standard InChI is InChI=1S/C26H19ClN4OS/c27-20-10-11-22-17(14-20)7-5-13-31(22)24-23(18-6-4-12-29-16-18)21(15-28)25(33)30-26(24,32)19-8-2-1-3-9-19/h1-14,16,23-24,30,32H/p+1/t23-,24+,26+/m0/s1. The van der Waals surface area contributed by atoms with Crippen LogP contribution in [0, 0.1) is 11.3 Å². The Morgan fingerprint density at radius 3 is 2.64 bits per heavy atom. The third-order valence-corrected chi connectivity index (χ3v) is 6.67. The minimum Gasteiger partial charge on any atom is -0.362 e. The topological polar surface area (TPSA) is 72.8 Å². The summed E-state index contributed by atoms with van der Waals surface area (Å²) in [6.45, 7) is 0. The summed E-state index contributed by atoms with van der Waals surface area (Å²) in [6.07, 6.45) is 5.33. The zero-order valence-electron chi connectivity index (χ0n) is 17.4. The Balaban J connectivity index is 1.86. The lowest BCUT2D eigenvalue weighted by atomic mass is 9.75. The Bertz CT molecular complexity index is 1400. The number of aromatic nitrogens is 2. The van der Waals surface area contributed by atoms with Crippen LogP contribution in [0.5, 0.6) is 0 Å². The number of aliphatic hydroxyl groups is 1. The highest BCUT2D eigenvalue weighted by Crippen LogP contribution is 2.47. The minimum atomic E-state index is -1.57. The quantitative estimate of drug-likeness (QED) is 0.301. The first-order chi connectivity index (χ1) is 16.0. The molecular formula is C26H20ClN4OS+. The molecule has 0 saturated heterocycles. The molecule has 4 aromatic rings. The fourth-order valence-corrected chi connectivity index (χ4v) is 5.19. The molecule has 2 aromatic carbocycles. The van der Waals surface area contributed by atoms with E-state index in [4.69, 9.17) is 11.6 Å². The summed E-state index contributed by atoms with van der Waals surface area (Å²) in [4.78, 5) is 4.29. The van der Waals surface area contributed by atoms with Crippen molar-refractivity contribution in [2.75, 3.05) is 0 Å². The van der Waals surface area contributed by atoms with Crippen LogP contribution in [0.25, 0.3) is 10.9 Å². The van der Waals surface area contributed by atoms with Crippen molar-refractivity contribution in [2.45, 2.75) is 17.7 Å². The molecule has 33 heavy (non-hydrogen) atoms. The van der Waals surface area contributed by atoms with Crippen LogP contribution in [0.15, 0.2) is 102 Å². The number of pyridine rings is 2. The van der Waals surface area contributed by atoms with Gasteiger partial charge in [0.05, 0.1) is 22.6 Å². The summed E-state index contributed by atoms with van der Waals surface area (Å²) in [7, 11) is 0. The molecule has 5 nitrogen and oxygen atoms in total. The third-order valence-electron chi connectivity index (χ3n) is 6.09. The van der Waals surface area contributed by atoms with Crippen molar-refractivity contribution >= 4 is 35.1 Å². The average molecular weight is 472 g/mol. The molecule has 2 aromatic heterocycles.